The molecule has 3 rings (SSSR count). The maximum Gasteiger partial charge on any atom is 0.224 e. The third kappa shape index (κ3) is 4.57. The Bertz CT molecular complexity index is 672. The van der Waals surface area contributed by atoms with Crippen LogP contribution in [0.1, 0.15) is 36.9 Å². The second-order valence-corrected chi connectivity index (χ2v) is 7.59. The van der Waals surface area contributed by atoms with Gasteiger partial charge in [-0.1, -0.05) is 6.92 Å². The smallest absolute Gasteiger partial charge is 0.224 e. The lowest BCUT2D eigenvalue weighted by atomic mass is 9.99. The molecule has 0 aliphatic carbocycles. The number of nitrogens with one attached hydrogen (secondary N) is 1. The Labute approximate surface area is 147 Å². The molecule has 2 aromatic rings. The van der Waals surface area contributed by atoms with Crippen LogP contribution in [0, 0.1) is 12.8 Å². The number of thiazole rings is 1. The normalized spacial score (nSPS) is 15.5. The van der Waals surface area contributed by atoms with Crippen LogP contribution >= 0.6 is 11.3 Å². The number of benzene rings is 1. The van der Waals surface area contributed by atoms with E-state index in [1.165, 1.54) is 18.5 Å². The summed E-state index contributed by atoms with van der Waals surface area (Å²) < 4.78 is 0. The minimum absolute atomic E-state index is 0.0439. The molecule has 1 aromatic heterocycles. The van der Waals surface area contributed by atoms with Gasteiger partial charge in [0.05, 0.1) is 5.01 Å². The van der Waals surface area contributed by atoms with E-state index in [0.29, 0.717) is 12.8 Å². The minimum Gasteiger partial charge on any atom is -0.372 e. The first kappa shape index (κ1) is 17.0. The van der Waals surface area contributed by atoms with Crippen molar-refractivity contribution in [2.75, 3.05) is 23.3 Å². The molecule has 1 aliphatic heterocycles. The third-order valence-corrected chi connectivity index (χ3v) is 5.56. The predicted molar refractivity (Wildman–Crippen MR) is 101 cm³/mol. The highest BCUT2D eigenvalue weighted by Crippen LogP contribution is 2.24. The van der Waals surface area contributed by atoms with Crippen LogP contribution in [0.3, 0.4) is 0 Å². The zero-order valence-electron chi connectivity index (χ0n) is 14.4. The molecule has 0 spiro atoms. The molecule has 24 heavy (non-hydrogen) atoms. The topological polar surface area (TPSA) is 45.2 Å². The van der Waals surface area contributed by atoms with Gasteiger partial charge in [-0.05, 0) is 49.9 Å². The number of aryl methyl sites for hydroxylation is 2. The van der Waals surface area contributed by atoms with Gasteiger partial charge in [-0.2, -0.15) is 0 Å². The first-order chi connectivity index (χ1) is 11.6. The zero-order chi connectivity index (χ0) is 16.9. The van der Waals surface area contributed by atoms with Crippen molar-refractivity contribution in [2.24, 2.45) is 5.92 Å². The van der Waals surface area contributed by atoms with Crippen LogP contribution in [0.15, 0.2) is 29.6 Å². The zero-order valence-corrected chi connectivity index (χ0v) is 15.2. The quantitative estimate of drug-likeness (QED) is 0.882. The van der Waals surface area contributed by atoms with Gasteiger partial charge in [0.15, 0.2) is 0 Å². The van der Waals surface area contributed by atoms with Crippen molar-refractivity contribution < 1.29 is 4.79 Å². The summed E-state index contributed by atoms with van der Waals surface area (Å²) in [5.41, 5.74) is 3.14. The van der Waals surface area contributed by atoms with E-state index >= 15 is 0 Å². The van der Waals surface area contributed by atoms with Crippen molar-refractivity contribution in [1.29, 1.82) is 0 Å². The highest BCUT2D eigenvalue weighted by Gasteiger charge is 2.15. The summed E-state index contributed by atoms with van der Waals surface area (Å²) in [5, 5.41) is 6.02. The Hall–Kier alpha value is -1.88. The van der Waals surface area contributed by atoms with Crippen LogP contribution in [0.4, 0.5) is 11.4 Å². The number of piperidine rings is 1. The lowest BCUT2D eigenvalue weighted by molar-refractivity contribution is -0.116. The molecule has 0 atom stereocenters. The molecule has 1 saturated heterocycles. The van der Waals surface area contributed by atoms with Crippen molar-refractivity contribution in [2.45, 2.75) is 39.5 Å². The van der Waals surface area contributed by atoms with E-state index in [1.807, 2.05) is 24.4 Å². The summed E-state index contributed by atoms with van der Waals surface area (Å²) in [5.74, 6) is 0.879. The number of aromatic nitrogens is 1. The molecule has 1 fully saturated rings. The number of carbonyl (C=O) groups is 1. The van der Waals surface area contributed by atoms with Crippen molar-refractivity contribution in [1.82, 2.24) is 4.98 Å². The van der Waals surface area contributed by atoms with Crippen LogP contribution in [-0.4, -0.2) is 24.0 Å². The highest BCUT2D eigenvalue weighted by molar-refractivity contribution is 7.09. The molecule has 0 bridgehead atoms. The number of nitrogens with zero attached hydrogens (tertiary/aromatic N) is 2. The summed E-state index contributed by atoms with van der Waals surface area (Å²) in [6, 6.07) is 8.21. The summed E-state index contributed by atoms with van der Waals surface area (Å²) in [7, 11) is 0. The average molecular weight is 343 g/mol. The van der Waals surface area contributed by atoms with E-state index in [1.54, 1.807) is 11.3 Å². The van der Waals surface area contributed by atoms with Gasteiger partial charge in [0.25, 0.3) is 0 Å². The van der Waals surface area contributed by atoms with Gasteiger partial charge in [0.1, 0.15) is 0 Å². The third-order valence-electron chi connectivity index (χ3n) is 4.53. The molecule has 0 saturated carbocycles. The number of amides is 1. The van der Waals surface area contributed by atoms with Crippen LogP contribution < -0.4 is 10.2 Å². The lowest BCUT2D eigenvalue weighted by Crippen LogP contribution is -2.32. The summed E-state index contributed by atoms with van der Waals surface area (Å²) in [6.07, 6.45) is 3.69. The van der Waals surface area contributed by atoms with E-state index < -0.39 is 0 Å². The van der Waals surface area contributed by atoms with Gasteiger partial charge in [-0.25, -0.2) is 4.98 Å². The molecule has 1 amide bonds. The summed E-state index contributed by atoms with van der Waals surface area (Å²) in [6.45, 7) is 6.55. The van der Waals surface area contributed by atoms with Crippen molar-refractivity contribution in [3.05, 3.63) is 40.3 Å². The number of carbonyl (C=O) groups excluding carboxylic acids is 1. The van der Waals surface area contributed by atoms with E-state index in [2.05, 4.69) is 34.3 Å². The number of hydrogen-bond acceptors (Lipinski definition) is 4. The van der Waals surface area contributed by atoms with Crippen molar-refractivity contribution in [3.63, 3.8) is 0 Å². The minimum atomic E-state index is 0.0439. The molecule has 5 heteroatoms. The molecule has 1 aromatic carbocycles. The van der Waals surface area contributed by atoms with E-state index in [4.69, 9.17) is 0 Å². The van der Waals surface area contributed by atoms with Crippen molar-refractivity contribution in [3.8, 4) is 0 Å². The number of anilines is 2. The SMILES string of the molecule is Cc1csc(CCC(=O)Nc2ccc(N3CCC(C)CC3)cc2)n1. The summed E-state index contributed by atoms with van der Waals surface area (Å²) in [4.78, 5) is 18.9. The number of hydrogen-bond donors (Lipinski definition) is 1. The first-order valence-electron chi connectivity index (χ1n) is 8.66. The molecule has 0 unspecified atom stereocenters. The van der Waals surface area contributed by atoms with Crippen LogP contribution in [-0.2, 0) is 11.2 Å². The fraction of sp³-hybridized carbons (Fsp3) is 0.474. The molecule has 0 radical (unpaired) electrons. The van der Waals surface area contributed by atoms with E-state index in [9.17, 15) is 4.79 Å². The molecule has 128 valence electrons. The Balaban J connectivity index is 1.49. The van der Waals surface area contributed by atoms with Gasteiger partial charge in [0.2, 0.25) is 5.91 Å². The Morgan fingerprint density at radius 3 is 2.62 bits per heavy atom. The van der Waals surface area contributed by atoms with E-state index in [0.717, 1.165) is 35.4 Å². The molecule has 1 N–H and O–H groups in total. The van der Waals surface area contributed by atoms with Crippen molar-refractivity contribution >= 4 is 28.6 Å². The van der Waals surface area contributed by atoms with Gasteiger partial charge >= 0.3 is 0 Å². The van der Waals surface area contributed by atoms with E-state index in [-0.39, 0.29) is 5.91 Å². The fourth-order valence-electron chi connectivity index (χ4n) is 2.98. The molecular weight excluding hydrogens is 318 g/mol. The number of rotatable bonds is 5. The second kappa shape index (κ2) is 7.79. The molecular formula is C19H25N3OS. The lowest BCUT2D eigenvalue weighted by Gasteiger charge is -2.32. The standard InChI is InChI=1S/C19H25N3OS/c1-14-9-11-22(12-10-14)17-5-3-16(4-6-17)21-18(23)7-8-19-20-15(2)13-24-19/h3-6,13-14H,7-12H2,1-2H3,(H,21,23). The first-order valence-corrected chi connectivity index (χ1v) is 9.54. The monoisotopic (exact) mass is 343 g/mol. The van der Waals surface area contributed by atoms with Crippen LogP contribution in [0.25, 0.3) is 0 Å². The predicted octanol–water partition coefficient (Wildman–Crippen LogP) is 4.26. The largest absolute Gasteiger partial charge is 0.372 e. The fourth-order valence-corrected chi connectivity index (χ4v) is 3.76. The van der Waals surface area contributed by atoms with Gasteiger partial charge < -0.3 is 10.2 Å². The van der Waals surface area contributed by atoms with Crippen LogP contribution in [0.5, 0.6) is 0 Å². The highest BCUT2D eigenvalue weighted by atomic mass is 32.1. The Kier molecular flexibility index (Phi) is 5.51. The van der Waals surface area contributed by atoms with Gasteiger partial charge in [0, 0.05) is 48.4 Å². The van der Waals surface area contributed by atoms with Crippen LogP contribution in [0.2, 0.25) is 0 Å². The average Bonchev–Trinajstić information content (AvgIpc) is 3.00. The summed E-state index contributed by atoms with van der Waals surface area (Å²) >= 11 is 1.62. The molecule has 4 nitrogen and oxygen atoms in total. The Morgan fingerprint density at radius 2 is 2.00 bits per heavy atom. The second-order valence-electron chi connectivity index (χ2n) is 6.65. The van der Waals surface area contributed by atoms with Gasteiger partial charge in [-0.15, -0.1) is 11.3 Å². The molecule has 2 heterocycles. The maximum atomic E-state index is 12.1. The Morgan fingerprint density at radius 1 is 1.29 bits per heavy atom. The molecule has 1 aliphatic rings. The van der Waals surface area contributed by atoms with Gasteiger partial charge in [-0.3, -0.25) is 4.79 Å². The maximum absolute atomic E-state index is 12.1.